The predicted molar refractivity (Wildman–Crippen MR) is 106 cm³/mol. The molecule has 0 saturated carbocycles. The summed E-state index contributed by atoms with van der Waals surface area (Å²) in [5.41, 5.74) is 1.10. The van der Waals surface area contributed by atoms with Gasteiger partial charge in [-0.15, -0.1) is 0 Å². The molecule has 1 atom stereocenters. The van der Waals surface area contributed by atoms with Crippen molar-refractivity contribution >= 4 is 21.9 Å². The van der Waals surface area contributed by atoms with E-state index in [0.29, 0.717) is 4.47 Å². The summed E-state index contributed by atoms with van der Waals surface area (Å²) in [5, 5.41) is 0. The lowest BCUT2D eigenvalue weighted by molar-refractivity contribution is -0.135. The summed E-state index contributed by atoms with van der Waals surface area (Å²) >= 11 is 0. The number of rotatable bonds is 8. The Labute approximate surface area is 170 Å². The number of amides is 1. The van der Waals surface area contributed by atoms with Crippen molar-refractivity contribution in [3.63, 3.8) is 0 Å². The van der Waals surface area contributed by atoms with Gasteiger partial charge in [-0.3, -0.25) is 9.63 Å². The van der Waals surface area contributed by atoms with Crippen molar-refractivity contribution in [2.45, 2.75) is 17.9 Å². The topological polar surface area (TPSA) is 93.2 Å². The maximum atomic E-state index is 12.3. The second-order valence-corrected chi connectivity index (χ2v) is 8.22. The van der Waals surface area contributed by atoms with Crippen LogP contribution in [0.3, 0.4) is 0 Å². The molecule has 0 N–H and O–H groups in total. The van der Waals surface area contributed by atoms with E-state index in [4.69, 9.17) is 9.57 Å². The number of sulfonamides is 1. The van der Waals surface area contributed by atoms with Crippen LogP contribution in [0.5, 0.6) is 0 Å². The van der Waals surface area contributed by atoms with Crippen molar-refractivity contribution in [2.24, 2.45) is 0 Å². The highest BCUT2D eigenvalue weighted by Crippen LogP contribution is 2.19. The van der Waals surface area contributed by atoms with Crippen LogP contribution in [-0.4, -0.2) is 57.5 Å². The minimum Gasteiger partial charge on any atom is -0.452 e. The molecule has 8 nitrogen and oxygen atoms in total. The van der Waals surface area contributed by atoms with Crippen molar-refractivity contribution in [3.8, 4) is 0 Å². The van der Waals surface area contributed by atoms with Crippen LogP contribution in [0, 0.1) is 0 Å². The number of hydrogen-bond donors (Lipinski definition) is 0. The molecule has 0 aromatic heterocycles. The van der Waals surface area contributed by atoms with Crippen LogP contribution < -0.4 is 0 Å². The zero-order valence-electron chi connectivity index (χ0n) is 16.7. The molecule has 0 aliphatic rings. The molecule has 9 heteroatoms. The van der Waals surface area contributed by atoms with Crippen LogP contribution in [0.15, 0.2) is 59.5 Å². The van der Waals surface area contributed by atoms with Gasteiger partial charge in [0, 0.05) is 14.1 Å². The van der Waals surface area contributed by atoms with Crippen molar-refractivity contribution < 1.29 is 27.6 Å². The Morgan fingerprint density at radius 1 is 1.00 bits per heavy atom. The molecule has 1 amide bonds. The number of ether oxygens (including phenoxy) is 1. The summed E-state index contributed by atoms with van der Waals surface area (Å²) < 4.78 is 30.1. The first-order chi connectivity index (χ1) is 13.7. The summed E-state index contributed by atoms with van der Waals surface area (Å²) in [6.07, 6.45) is 0. The number of esters is 1. The largest absolute Gasteiger partial charge is 0.452 e. The van der Waals surface area contributed by atoms with Gasteiger partial charge in [-0.2, -0.15) is 0 Å². The Bertz CT molecular complexity index is 945. The van der Waals surface area contributed by atoms with Gasteiger partial charge in [-0.05, 0) is 36.8 Å². The third-order valence-electron chi connectivity index (χ3n) is 4.57. The van der Waals surface area contributed by atoms with Gasteiger partial charge in [-0.1, -0.05) is 34.8 Å². The van der Waals surface area contributed by atoms with Gasteiger partial charge >= 0.3 is 5.97 Å². The number of benzene rings is 2. The Morgan fingerprint density at radius 3 is 2.14 bits per heavy atom. The van der Waals surface area contributed by atoms with E-state index in [9.17, 15) is 18.0 Å². The fraction of sp³-hybridized carbons (Fsp3) is 0.300. The van der Waals surface area contributed by atoms with Crippen molar-refractivity contribution in [1.82, 2.24) is 9.37 Å². The molecule has 0 heterocycles. The van der Waals surface area contributed by atoms with Crippen LogP contribution in [-0.2, 0) is 24.4 Å². The molecule has 0 saturated heterocycles. The quantitative estimate of drug-likeness (QED) is 0.480. The fourth-order valence-electron chi connectivity index (χ4n) is 2.49. The minimum absolute atomic E-state index is 0.0362. The first-order valence-electron chi connectivity index (χ1n) is 8.79. The lowest BCUT2D eigenvalue weighted by Gasteiger charge is -2.25. The molecule has 0 aliphatic heterocycles. The average molecular weight is 420 g/mol. The van der Waals surface area contributed by atoms with E-state index in [1.807, 2.05) is 37.3 Å². The van der Waals surface area contributed by atoms with Gasteiger partial charge < -0.3 is 9.64 Å². The highest BCUT2D eigenvalue weighted by Gasteiger charge is 2.22. The summed E-state index contributed by atoms with van der Waals surface area (Å²) in [6, 6.07) is 14.5. The van der Waals surface area contributed by atoms with Gasteiger partial charge in [0.15, 0.2) is 6.61 Å². The lowest BCUT2D eigenvalue weighted by Crippen LogP contribution is -2.33. The third kappa shape index (κ3) is 5.41. The number of hydrogen-bond acceptors (Lipinski definition) is 6. The number of likely N-dealkylation sites (N-methyl/N-ethyl adjacent to an activating group) is 1. The summed E-state index contributed by atoms with van der Waals surface area (Å²) in [6.45, 7) is 1.46. The number of carbonyl (C=O) groups is 2. The van der Waals surface area contributed by atoms with Crippen LogP contribution in [0.1, 0.15) is 28.9 Å². The Hall–Kier alpha value is -2.75. The molecule has 0 aliphatic carbocycles. The fourth-order valence-corrected chi connectivity index (χ4v) is 3.47. The highest BCUT2D eigenvalue weighted by molar-refractivity contribution is 7.89. The Balaban J connectivity index is 1.97. The van der Waals surface area contributed by atoms with E-state index in [1.165, 1.54) is 43.3 Å². The molecule has 2 aromatic rings. The zero-order chi connectivity index (χ0) is 21.6. The molecule has 0 unspecified atom stereocenters. The monoisotopic (exact) mass is 420 g/mol. The average Bonchev–Trinajstić information content (AvgIpc) is 2.76. The Kier molecular flexibility index (Phi) is 7.49. The molecule has 0 spiro atoms. The van der Waals surface area contributed by atoms with Crippen molar-refractivity contribution in [1.29, 1.82) is 0 Å². The van der Waals surface area contributed by atoms with Gasteiger partial charge in [0.05, 0.1) is 23.6 Å². The molecule has 2 aromatic carbocycles. The first-order valence-corrected chi connectivity index (χ1v) is 10.2. The molecule has 0 fully saturated rings. The first kappa shape index (κ1) is 22.5. The molecule has 156 valence electrons. The van der Waals surface area contributed by atoms with E-state index in [0.717, 1.165) is 5.56 Å². The summed E-state index contributed by atoms with van der Waals surface area (Å²) in [4.78, 5) is 30.7. The molecule has 0 bridgehead atoms. The van der Waals surface area contributed by atoms with E-state index >= 15 is 0 Å². The van der Waals surface area contributed by atoms with Crippen LogP contribution >= 0.6 is 0 Å². The molecule has 0 radical (unpaired) electrons. The normalized spacial score (nSPS) is 12.4. The smallest absolute Gasteiger partial charge is 0.338 e. The van der Waals surface area contributed by atoms with Crippen LogP contribution in [0.25, 0.3) is 0 Å². The molecule has 2 rings (SSSR count). The Morgan fingerprint density at radius 2 is 1.59 bits per heavy atom. The van der Waals surface area contributed by atoms with Crippen molar-refractivity contribution in [3.05, 3.63) is 65.7 Å². The minimum atomic E-state index is -3.81. The van der Waals surface area contributed by atoms with Crippen molar-refractivity contribution in [2.75, 3.05) is 27.8 Å². The van der Waals surface area contributed by atoms with Gasteiger partial charge in [0.1, 0.15) is 0 Å². The zero-order valence-corrected chi connectivity index (χ0v) is 17.5. The molecular weight excluding hydrogens is 396 g/mol. The second kappa shape index (κ2) is 9.64. The highest BCUT2D eigenvalue weighted by atomic mass is 32.2. The van der Waals surface area contributed by atoms with E-state index < -0.39 is 22.6 Å². The van der Waals surface area contributed by atoms with Gasteiger partial charge in [0.2, 0.25) is 0 Å². The third-order valence-corrected chi connectivity index (χ3v) is 6.26. The van der Waals surface area contributed by atoms with Gasteiger partial charge in [-0.25, -0.2) is 13.2 Å². The molecular formula is C20H24N2O6S. The van der Waals surface area contributed by atoms with E-state index in [1.54, 1.807) is 7.05 Å². The standard InChI is InChI=1S/C20H24N2O6S/c1-15(16-8-6-5-7-9-16)21(2)19(23)14-28-20(24)17-10-12-18(13-11-17)29(25,26)22(3)27-4/h5-13,15H,14H2,1-4H3/t15-/m0/s1. The maximum absolute atomic E-state index is 12.3. The summed E-state index contributed by atoms with van der Waals surface area (Å²) in [7, 11) is 0.325. The lowest BCUT2D eigenvalue weighted by atomic mass is 10.1. The SMILES string of the molecule is CON(C)S(=O)(=O)c1ccc(C(=O)OCC(=O)N(C)[C@@H](C)c2ccccc2)cc1. The van der Waals surface area contributed by atoms with Crippen LogP contribution in [0.2, 0.25) is 0 Å². The van der Waals surface area contributed by atoms with E-state index in [-0.39, 0.29) is 22.4 Å². The molecule has 29 heavy (non-hydrogen) atoms. The number of hydroxylamine groups is 1. The summed E-state index contributed by atoms with van der Waals surface area (Å²) in [5.74, 6) is -1.07. The number of carbonyl (C=O) groups excluding carboxylic acids is 2. The number of nitrogens with zero attached hydrogens (tertiary/aromatic N) is 2. The van der Waals surface area contributed by atoms with Crippen LogP contribution in [0.4, 0.5) is 0 Å². The van der Waals surface area contributed by atoms with E-state index in [2.05, 4.69) is 0 Å². The van der Waals surface area contributed by atoms with Gasteiger partial charge in [0.25, 0.3) is 15.9 Å². The second-order valence-electron chi connectivity index (χ2n) is 6.29. The maximum Gasteiger partial charge on any atom is 0.338 e. The predicted octanol–water partition coefficient (Wildman–Crippen LogP) is 2.24.